The molecule has 0 saturated heterocycles. The number of carbonyl (C=O) groups excluding carboxylic acids is 1. The molecule has 1 fully saturated rings. The minimum atomic E-state index is 0.207. The fourth-order valence-corrected chi connectivity index (χ4v) is 2.23. The molecule has 2 nitrogen and oxygen atoms in total. The van der Waals surface area contributed by atoms with Gasteiger partial charge in [0.1, 0.15) is 0 Å². The van der Waals surface area contributed by atoms with E-state index in [0.717, 1.165) is 36.0 Å². The van der Waals surface area contributed by atoms with Gasteiger partial charge in [-0.1, -0.05) is 30.3 Å². The SMILES string of the molecule is CN(C)/C=C1/CCC/C(=C/c2ccccc2)C1=O. The van der Waals surface area contributed by atoms with Gasteiger partial charge in [0, 0.05) is 31.4 Å². The second-order valence-electron chi connectivity index (χ2n) is 4.88. The van der Waals surface area contributed by atoms with Crippen molar-refractivity contribution in [2.45, 2.75) is 19.3 Å². The summed E-state index contributed by atoms with van der Waals surface area (Å²) in [4.78, 5) is 14.2. The number of ketones is 1. The molecule has 2 heteroatoms. The molecule has 0 N–H and O–H groups in total. The van der Waals surface area contributed by atoms with E-state index in [4.69, 9.17) is 0 Å². The van der Waals surface area contributed by atoms with Crippen LogP contribution in [0.4, 0.5) is 0 Å². The topological polar surface area (TPSA) is 20.3 Å². The molecule has 2 rings (SSSR count). The molecule has 0 spiro atoms. The molecule has 0 radical (unpaired) electrons. The van der Waals surface area contributed by atoms with Gasteiger partial charge in [-0.3, -0.25) is 4.79 Å². The molecule has 0 bridgehead atoms. The van der Waals surface area contributed by atoms with Crippen LogP contribution in [0.1, 0.15) is 24.8 Å². The lowest BCUT2D eigenvalue weighted by molar-refractivity contribution is -0.113. The second-order valence-corrected chi connectivity index (χ2v) is 4.88. The molecule has 94 valence electrons. The Morgan fingerprint density at radius 1 is 1.06 bits per heavy atom. The molecule has 18 heavy (non-hydrogen) atoms. The quantitative estimate of drug-likeness (QED) is 0.741. The second kappa shape index (κ2) is 5.67. The minimum absolute atomic E-state index is 0.207. The number of hydrogen-bond donors (Lipinski definition) is 0. The highest BCUT2D eigenvalue weighted by molar-refractivity contribution is 6.11. The highest BCUT2D eigenvalue weighted by Crippen LogP contribution is 2.26. The van der Waals surface area contributed by atoms with Crippen LogP contribution in [0.2, 0.25) is 0 Å². The predicted molar refractivity (Wildman–Crippen MR) is 75.0 cm³/mol. The van der Waals surface area contributed by atoms with E-state index in [-0.39, 0.29) is 5.78 Å². The lowest BCUT2D eigenvalue weighted by Gasteiger charge is -2.18. The van der Waals surface area contributed by atoms with Gasteiger partial charge in [0.15, 0.2) is 5.78 Å². The van der Waals surface area contributed by atoms with Crippen LogP contribution in [0.3, 0.4) is 0 Å². The Hall–Kier alpha value is -1.83. The van der Waals surface area contributed by atoms with Crippen LogP contribution >= 0.6 is 0 Å². The van der Waals surface area contributed by atoms with Crippen molar-refractivity contribution in [2.75, 3.05) is 14.1 Å². The normalized spacial score (nSPS) is 20.4. The average molecular weight is 241 g/mol. The zero-order valence-corrected chi connectivity index (χ0v) is 11.0. The van der Waals surface area contributed by atoms with E-state index in [9.17, 15) is 4.79 Å². The molecule has 0 amide bonds. The van der Waals surface area contributed by atoms with Crippen LogP contribution < -0.4 is 0 Å². The molecule has 1 aliphatic rings. The number of allylic oxidation sites excluding steroid dienone is 2. The molecular weight excluding hydrogens is 222 g/mol. The maximum atomic E-state index is 12.3. The van der Waals surface area contributed by atoms with Crippen LogP contribution in [0.25, 0.3) is 6.08 Å². The molecular formula is C16H19NO. The van der Waals surface area contributed by atoms with E-state index < -0.39 is 0 Å². The Balaban J connectivity index is 2.24. The first-order valence-corrected chi connectivity index (χ1v) is 6.34. The van der Waals surface area contributed by atoms with E-state index in [1.54, 1.807) is 0 Å². The molecule has 1 aromatic rings. The molecule has 0 aromatic heterocycles. The van der Waals surface area contributed by atoms with Crippen molar-refractivity contribution in [1.82, 2.24) is 4.90 Å². The van der Waals surface area contributed by atoms with Crippen molar-refractivity contribution in [3.63, 3.8) is 0 Å². The number of benzene rings is 1. The van der Waals surface area contributed by atoms with Gasteiger partial charge in [-0.05, 0) is 30.9 Å². The lowest BCUT2D eigenvalue weighted by atomic mass is 9.88. The fourth-order valence-electron chi connectivity index (χ4n) is 2.23. The standard InChI is InChI=1S/C16H19NO/c1-17(2)12-15-10-6-9-14(16(15)18)11-13-7-4-3-5-8-13/h3-5,7-8,11-12H,6,9-10H2,1-2H3/b14-11-,15-12-. The van der Waals surface area contributed by atoms with Crippen LogP contribution in [0.5, 0.6) is 0 Å². The zero-order chi connectivity index (χ0) is 13.0. The van der Waals surface area contributed by atoms with Crippen molar-refractivity contribution in [3.8, 4) is 0 Å². The van der Waals surface area contributed by atoms with Gasteiger partial charge in [-0.25, -0.2) is 0 Å². The molecule has 1 aromatic carbocycles. The number of Topliss-reactive ketones (excluding diaryl/α,β-unsaturated/α-hetero) is 1. The first kappa shape index (κ1) is 12.6. The Morgan fingerprint density at radius 3 is 2.39 bits per heavy atom. The van der Waals surface area contributed by atoms with E-state index >= 15 is 0 Å². The molecule has 0 heterocycles. The Kier molecular flexibility index (Phi) is 3.98. The minimum Gasteiger partial charge on any atom is -0.383 e. The maximum Gasteiger partial charge on any atom is 0.186 e. The monoisotopic (exact) mass is 241 g/mol. The summed E-state index contributed by atoms with van der Waals surface area (Å²) in [6.45, 7) is 0. The van der Waals surface area contributed by atoms with Crippen LogP contribution in [0, 0.1) is 0 Å². The van der Waals surface area contributed by atoms with E-state index in [1.165, 1.54) is 0 Å². The van der Waals surface area contributed by atoms with Crippen LogP contribution in [-0.4, -0.2) is 24.8 Å². The van der Waals surface area contributed by atoms with E-state index in [1.807, 2.05) is 61.6 Å². The van der Waals surface area contributed by atoms with Crippen molar-refractivity contribution in [2.24, 2.45) is 0 Å². The van der Waals surface area contributed by atoms with Crippen molar-refractivity contribution >= 4 is 11.9 Å². The number of carbonyl (C=O) groups is 1. The first-order chi connectivity index (χ1) is 8.66. The Labute approximate surface area is 109 Å². The number of nitrogens with zero attached hydrogens (tertiary/aromatic N) is 1. The predicted octanol–water partition coefficient (Wildman–Crippen LogP) is 3.27. The highest BCUT2D eigenvalue weighted by atomic mass is 16.1. The summed E-state index contributed by atoms with van der Waals surface area (Å²) >= 11 is 0. The molecule has 1 aliphatic carbocycles. The average Bonchev–Trinajstić information content (AvgIpc) is 2.35. The summed E-state index contributed by atoms with van der Waals surface area (Å²) in [7, 11) is 3.91. The lowest BCUT2D eigenvalue weighted by Crippen LogP contribution is -2.15. The summed E-state index contributed by atoms with van der Waals surface area (Å²) in [5.74, 6) is 0.207. The van der Waals surface area contributed by atoms with Gasteiger partial charge in [-0.2, -0.15) is 0 Å². The van der Waals surface area contributed by atoms with Crippen molar-refractivity contribution in [3.05, 3.63) is 53.2 Å². The number of rotatable bonds is 2. The van der Waals surface area contributed by atoms with E-state index in [0.29, 0.717) is 0 Å². The highest BCUT2D eigenvalue weighted by Gasteiger charge is 2.20. The third kappa shape index (κ3) is 3.10. The molecule has 0 aliphatic heterocycles. The number of hydrogen-bond acceptors (Lipinski definition) is 2. The fraction of sp³-hybridized carbons (Fsp3) is 0.312. The maximum absolute atomic E-state index is 12.3. The molecule has 0 unspecified atom stereocenters. The largest absolute Gasteiger partial charge is 0.383 e. The van der Waals surface area contributed by atoms with Gasteiger partial charge in [0.25, 0.3) is 0 Å². The van der Waals surface area contributed by atoms with Crippen molar-refractivity contribution in [1.29, 1.82) is 0 Å². The van der Waals surface area contributed by atoms with Gasteiger partial charge in [-0.15, -0.1) is 0 Å². The Bertz CT molecular complexity index is 483. The summed E-state index contributed by atoms with van der Waals surface area (Å²) in [6.07, 6.45) is 6.80. The smallest absolute Gasteiger partial charge is 0.186 e. The first-order valence-electron chi connectivity index (χ1n) is 6.34. The van der Waals surface area contributed by atoms with Gasteiger partial charge in [0.2, 0.25) is 0 Å². The summed E-state index contributed by atoms with van der Waals surface area (Å²) in [5, 5.41) is 0. The summed E-state index contributed by atoms with van der Waals surface area (Å²) in [6, 6.07) is 10.0. The van der Waals surface area contributed by atoms with Gasteiger partial charge >= 0.3 is 0 Å². The third-order valence-electron chi connectivity index (χ3n) is 3.03. The van der Waals surface area contributed by atoms with E-state index in [2.05, 4.69) is 0 Å². The summed E-state index contributed by atoms with van der Waals surface area (Å²) in [5.41, 5.74) is 2.96. The van der Waals surface area contributed by atoms with Gasteiger partial charge in [0.05, 0.1) is 0 Å². The third-order valence-corrected chi connectivity index (χ3v) is 3.03. The van der Waals surface area contributed by atoms with Crippen molar-refractivity contribution < 1.29 is 4.79 Å². The summed E-state index contributed by atoms with van der Waals surface area (Å²) < 4.78 is 0. The van der Waals surface area contributed by atoms with Crippen LogP contribution in [-0.2, 0) is 4.79 Å². The zero-order valence-electron chi connectivity index (χ0n) is 11.0. The van der Waals surface area contributed by atoms with Crippen LogP contribution in [0.15, 0.2) is 47.7 Å². The van der Waals surface area contributed by atoms with Gasteiger partial charge < -0.3 is 4.90 Å². The molecule has 1 saturated carbocycles. The molecule has 0 atom stereocenters. The Morgan fingerprint density at radius 2 is 1.72 bits per heavy atom.